The van der Waals surface area contributed by atoms with Crippen LogP contribution in [0.1, 0.15) is 38.1 Å². The van der Waals surface area contributed by atoms with E-state index in [9.17, 15) is 5.11 Å². The van der Waals surface area contributed by atoms with Gasteiger partial charge in [0.05, 0.1) is 24.0 Å². The van der Waals surface area contributed by atoms with Crippen LogP contribution in [0.4, 0.5) is 0 Å². The molecule has 1 N–H and O–H groups in total. The van der Waals surface area contributed by atoms with Crippen LogP contribution >= 0.6 is 11.6 Å². The highest BCUT2D eigenvalue weighted by atomic mass is 35.5. The minimum absolute atomic E-state index is 0.113. The van der Waals surface area contributed by atoms with E-state index in [1.807, 2.05) is 38.1 Å². The van der Waals surface area contributed by atoms with Crippen molar-refractivity contribution in [1.29, 1.82) is 0 Å². The second-order valence-electron chi connectivity index (χ2n) is 5.18. The molecule has 1 atom stereocenters. The van der Waals surface area contributed by atoms with Crippen LogP contribution in [-0.2, 0) is 5.60 Å². The van der Waals surface area contributed by atoms with Crippen LogP contribution in [0.5, 0.6) is 5.75 Å². The molecule has 2 aromatic rings. The number of halogens is 1. The van der Waals surface area contributed by atoms with E-state index in [-0.39, 0.29) is 6.04 Å². The zero-order valence-corrected chi connectivity index (χ0v) is 12.8. The van der Waals surface area contributed by atoms with E-state index < -0.39 is 5.60 Å². The average Bonchev–Trinajstić information content (AvgIpc) is 2.81. The second kappa shape index (κ2) is 5.46. The lowest BCUT2D eigenvalue weighted by Gasteiger charge is -2.27. The van der Waals surface area contributed by atoms with Crippen LogP contribution in [0.2, 0.25) is 5.02 Å². The smallest absolute Gasteiger partial charge is 0.130 e. The summed E-state index contributed by atoms with van der Waals surface area (Å²) in [7, 11) is 1.61. The predicted octanol–water partition coefficient (Wildman–Crippen LogP) is 3.38. The molecule has 0 radical (unpaired) electrons. The molecule has 2 rings (SSSR count). The fourth-order valence-electron chi connectivity index (χ4n) is 2.24. The number of methoxy groups -OCH3 is 1. The number of benzene rings is 1. The SMILES string of the molecule is COc1ccc(C(C)(O)c2c(Cl)cnn2C(C)C)cc1. The number of aliphatic hydroxyl groups is 1. The first-order chi connectivity index (χ1) is 9.37. The zero-order chi connectivity index (χ0) is 14.9. The Bertz CT molecular complexity index is 588. The van der Waals surface area contributed by atoms with Crippen molar-refractivity contribution in [3.63, 3.8) is 0 Å². The molecule has 0 saturated carbocycles. The summed E-state index contributed by atoms with van der Waals surface area (Å²) in [5, 5.41) is 15.6. The summed E-state index contributed by atoms with van der Waals surface area (Å²) in [6.45, 7) is 5.71. The van der Waals surface area contributed by atoms with Crippen LogP contribution in [0, 0.1) is 0 Å². The molecule has 1 aromatic carbocycles. The molecule has 0 aliphatic rings. The third-order valence-electron chi connectivity index (χ3n) is 3.35. The molecule has 0 aliphatic heterocycles. The molecule has 1 heterocycles. The maximum atomic E-state index is 10.9. The van der Waals surface area contributed by atoms with E-state index in [0.717, 1.165) is 11.3 Å². The van der Waals surface area contributed by atoms with Gasteiger partial charge in [0.2, 0.25) is 0 Å². The molecule has 0 bridgehead atoms. The van der Waals surface area contributed by atoms with Crippen LogP contribution in [0.3, 0.4) is 0 Å². The monoisotopic (exact) mass is 294 g/mol. The maximum Gasteiger partial charge on any atom is 0.130 e. The van der Waals surface area contributed by atoms with Gasteiger partial charge in [0.15, 0.2) is 0 Å². The summed E-state index contributed by atoms with van der Waals surface area (Å²) in [6.07, 6.45) is 1.56. The van der Waals surface area contributed by atoms with Crippen LogP contribution in [0.15, 0.2) is 30.5 Å². The molecule has 108 valence electrons. The summed E-state index contributed by atoms with van der Waals surface area (Å²) >= 11 is 6.21. The first-order valence-corrected chi connectivity index (χ1v) is 6.86. The van der Waals surface area contributed by atoms with Gasteiger partial charge in [-0.3, -0.25) is 4.68 Å². The van der Waals surface area contributed by atoms with Gasteiger partial charge in [0.1, 0.15) is 11.4 Å². The van der Waals surface area contributed by atoms with Crippen molar-refractivity contribution in [2.75, 3.05) is 7.11 Å². The Labute approximate surface area is 123 Å². The van der Waals surface area contributed by atoms with Gasteiger partial charge in [0.25, 0.3) is 0 Å². The van der Waals surface area contributed by atoms with Gasteiger partial charge in [-0.15, -0.1) is 0 Å². The summed E-state index contributed by atoms with van der Waals surface area (Å²) in [6, 6.07) is 7.39. The summed E-state index contributed by atoms with van der Waals surface area (Å²) in [5.41, 5.74) is 0.117. The first-order valence-electron chi connectivity index (χ1n) is 6.48. The van der Waals surface area contributed by atoms with Gasteiger partial charge >= 0.3 is 0 Å². The first kappa shape index (κ1) is 14.9. The molecule has 5 heteroatoms. The van der Waals surface area contributed by atoms with E-state index in [1.54, 1.807) is 24.9 Å². The minimum Gasteiger partial charge on any atom is -0.497 e. The normalized spacial score (nSPS) is 14.3. The minimum atomic E-state index is -1.22. The molecule has 4 nitrogen and oxygen atoms in total. The summed E-state index contributed by atoms with van der Waals surface area (Å²) in [4.78, 5) is 0. The fourth-order valence-corrected chi connectivity index (χ4v) is 2.55. The Morgan fingerprint density at radius 3 is 2.40 bits per heavy atom. The van der Waals surface area contributed by atoms with Crippen molar-refractivity contribution in [1.82, 2.24) is 9.78 Å². The van der Waals surface area contributed by atoms with Crippen molar-refractivity contribution >= 4 is 11.6 Å². The van der Waals surface area contributed by atoms with E-state index >= 15 is 0 Å². The maximum absolute atomic E-state index is 10.9. The standard InChI is InChI=1S/C15H19ClN2O2/c1-10(2)18-14(13(16)9-17-18)15(3,19)11-5-7-12(20-4)8-6-11/h5-10,19H,1-4H3. The molecule has 0 spiro atoms. The van der Waals surface area contributed by atoms with Crippen molar-refractivity contribution in [3.8, 4) is 5.75 Å². The molecule has 1 unspecified atom stereocenters. The van der Waals surface area contributed by atoms with E-state index in [1.165, 1.54) is 0 Å². The summed E-state index contributed by atoms with van der Waals surface area (Å²) in [5.74, 6) is 0.744. The highest BCUT2D eigenvalue weighted by Gasteiger charge is 2.33. The third-order valence-corrected chi connectivity index (χ3v) is 3.63. The Morgan fingerprint density at radius 2 is 1.90 bits per heavy atom. The van der Waals surface area contributed by atoms with Crippen molar-refractivity contribution < 1.29 is 9.84 Å². The number of aromatic nitrogens is 2. The fraction of sp³-hybridized carbons (Fsp3) is 0.400. The molecular weight excluding hydrogens is 276 g/mol. The molecule has 0 saturated heterocycles. The number of hydrogen-bond donors (Lipinski definition) is 1. The quantitative estimate of drug-likeness (QED) is 0.940. The van der Waals surface area contributed by atoms with Crippen LogP contribution in [0.25, 0.3) is 0 Å². The molecule has 20 heavy (non-hydrogen) atoms. The van der Waals surface area contributed by atoms with Gasteiger partial charge < -0.3 is 9.84 Å². The van der Waals surface area contributed by atoms with Gasteiger partial charge in [-0.05, 0) is 38.5 Å². The Hall–Kier alpha value is -1.52. The van der Waals surface area contributed by atoms with Crippen LogP contribution < -0.4 is 4.74 Å². The largest absolute Gasteiger partial charge is 0.497 e. The lowest BCUT2D eigenvalue weighted by molar-refractivity contribution is 0.0901. The van der Waals surface area contributed by atoms with Crippen molar-refractivity contribution in [2.24, 2.45) is 0 Å². The van der Waals surface area contributed by atoms with Gasteiger partial charge in [0, 0.05) is 6.04 Å². The van der Waals surface area contributed by atoms with E-state index in [4.69, 9.17) is 16.3 Å². The van der Waals surface area contributed by atoms with Crippen molar-refractivity contribution in [2.45, 2.75) is 32.4 Å². The lowest BCUT2D eigenvalue weighted by Crippen LogP contribution is -2.28. The highest BCUT2D eigenvalue weighted by Crippen LogP contribution is 2.35. The van der Waals surface area contributed by atoms with Crippen molar-refractivity contribution in [3.05, 3.63) is 46.7 Å². The lowest BCUT2D eigenvalue weighted by atomic mass is 9.92. The van der Waals surface area contributed by atoms with E-state index in [0.29, 0.717) is 10.7 Å². The van der Waals surface area contributed by atoms with Gasteiger partial charge in [-0.2, -0.15) is 5.10 Å². The number of hydrogen-bond acceptors (Lipinski definition) is 3. The average molecular weight is 295 g/mol. The molecule has 1 aromatic heterocycles. The molecule has 0 amide bonds. The zero-order valence-electron chi connectivity index (χ0n) is 12.1. The Kier molecular flexibility index (Phi) is 4.06. The number of rotatable bonds is 4. The van der Waals surface area contributed by atoms with E-state index in [2.05, 4.69) is 5.10 Å². The molecular formula is C15H19ClN2O2. The molecule has 0 aliphatic carbocycles. The molecule has 0 fully saturated rings. The van der Waals surface area contributed by atoms with Crippen LogP contribution in [-0.4, -0.2) is 22.0 Å². The second-order valence-corrected chi connectivity index (χ2v) is 5.59. The van der Waals surface area contributed by atoms with Gasteiger partial charge in [-0.1, -0.05) is 23.7 Å². The highest BCUT2D eigenvalue weighted by molar-refractivity contribution is 6.31. The number of nitrogens with zero attached hydrogens (tertiary/aromatic N) is 2. The number of ether oxygens (including phenoxy) is 1. The topological polar surface area (TPSA) is 47.3 Å². The van der Waals surface area contributed by atoms with Gasteiger partial charge in [-0.25, -0.2) is 0 Å². The third kappa shape index (κ3) is 2.53. The summed E-state index contributed by atoms with van der Waals surface area (Å²) < 4.78 is 6.88. The Balaban J connectivity index is 2.50. The predicted molar refractivity (Wildman–Crippen MR) is 79.3 cm³/mol. The Morgan fingerprint density at radius 1 is 1.30 bits per heavy atom.